The fourth-order valence-corrected chi connectivity index (χ4v) is 1.79. The van der Waals surface area contributed by atoms with Gasteiger partial charge in [0.15, 0.2) is 0 Å². The maximum atomic E-state index is 12.9. The molecule has 0 aliphatic heterocycles. The third kappa shape index (κ3) is 1.01. The third-order valence-corrected chi connectivity index (χ3v) is 2.66. The van der Waals surface area contributed by atoms with E-state index in [9.17, 15) is 8.78 Å². The second-order valence-corrected chi connectivity index (χ2v) is 3.84. The molecule has 1 aromatic rings. The lowest BCUT2D eigenvalue weighted by atomic mass is 10.1. The average Bonchev–Trinajstić information content (AvgIpc) is 2.34. The molecule has 1 unspecified atom stereocenters. The molecule has 72 valence electrons. The van der Waals surface area contributed by atoms with Crippen molar-refractivity contribution < 1.29 is 8.78 Å². The molecule has 13 heavy (non-hydrogen) atoms. The predicted molar refractivity (Wildman–Crippen MR) is 45.7 cm³/mol. The van der Waals surface area contributed by atoms with E-state index in [1.807, 2.05) is 6.92 Å². The molecule has 0 bridgehead atoms. The van der Waals surface area contributed by atoms with E-state index in [2.05, 4.69) is 4.98 Å². The van der Waals surface area contributed by atoms with Gasteiger partial charge in [0.05, 0.1) is 0 Å². The third-order valence-electron chi connectivity index (χ3n) is 2.66. The van der Waals surface area contributed by atoms with Crippen LogP contribution in [0.5, 0.6) is 0 Å². The van der Waals surface area contributed by atoms with Gasteiger partial charge in [-0.1, -0.05) is 0 Å². The van der Waals surface area contributed by atoms with E-state index in [0.717, 1.165) is 11.4 Å². The van der Waals surface area contributed by atoms with Gasteiger partial charge in [-0.3, -0.25) is 0 Å². The SMILES string of the molecule is Cc1cc(C2(N)CC2(F)F)c(C)[nH]1. The molecule has 1 atom stereocenters. The molecular formula is C9H12F2N2. The number of nitrogens with two attached hydrogens (primary N) is 1. The molecule has 1 aromatic heterocycles. The molecule has 0 saturated heterocycles. The van der Waals surface area contributed by atoms with E-state index in [1.54, 1.807) is 13.0 Å². The molecule has 0 spiro atoms. The summed E-state index contributed by atoms with van der Waals surface area (Å²) in [5.74, 6) is -2.73. The van der Waals surface area contributed by atoms with Crippen LogP contribution in [0.4, 0.5) is 8.78 Å². The fraction of sp³-hybridized carbons (Fsp3) is 0.556. The number of aromatic nitrogens is 1. The number of aryl methyl sites for hydroxylation is 2. The van der Waals surface area contributed by atoms with Crippen molar-refractivity contribution in [2.75, 3.05) is 0 Å². The Bertz CT molecular complexity index is 356. The molecule has 0 amide bonds. The second-order valence-electron chi connectivity index (χ2n) is 3.84. The van der Waals surface area contributed by atoms with Crippen LogP contribution in [-0.2, 0) is 5.54 Å². The van der Waals surface area contributed by atoms with Crippen LogP contribution in [0.1, 0.15) is 23.4 Å². The first kappa shape index (κ1) is 8.69. The lowest BCUT2D eigenvalue weighted by molar-refractivity contribution is 0.0890. The summed E-state index contributed by atoms with van der Waals surface area (Å²) in [6.07, 6.45) is -0.238. The van der Waals surface area contributed by atoms with Crippen molar-refractivity contribution in [2.45, 2.75) is 31.7 Å². The van der Waals surface area contributed by atoms with E-state index in [1.165, 1.54) is 0 Å². The maximum Gasteiger partial charge on any atom is 0.272 e. The van der Waals surface area contributed by atoms with Crippen LogP contribution in [-0.4, -0.2) is 10.9 Å². The standard InChI is InChI=1S/C9H12F2N2/c1-5-3-7(6(2)13-5)8(12)4-9(8,10)11/h3,13H,4,12H2,1-2H3. The first-order valence-corrected chi connectivity index (χ1v) is 4.20. The number of rotatable bonds is 1. The highest BCUT2D eigenvalue weighted by Crippen LogP contribution is 2.58. The smallest absolute Gasteiger partial charge is 0.272 e. The van der Waals surface area contributed by atoms with Crippen molar-refractivity contribution >= 4 is 0 Å². The number of hydrogen-bond acceptors (Lipinski definition) is 1. The van der Waals surface area contributed by atoms with Crippen LogP contribution >= 0.6 is 0 Å². The Morgan fingerprint density at radius 3 is 2.31 bits per heavy atom. The number of aromatic amines is 1. The molecule has 0 aromatic carbocycles. The van der Waals surface area contributed by atoms with Gasteiger partial charge in [-0.25, -0.2) is 8.78 Å². The lowest BCUT2D eigenvalue weighted by Crippen LogP contribution is -2.27. The van der Waals surface area contributed by atoms with Gasteiger partial charge < -0.3 is 10.7 Å². The number of nitrogens with one attached hydrogen (secondary N) is 1. The zero-order chi connectivity index (χ0) is 9.85. The lowest BCUT2D eigenvalue weighted by Gasteiger charge is -2.09. The Balaban J connectivity index is 2.43. The summed E-state index contributed by atoms with van der Waals surface area (Å²) in [7, 11) is 0. The first-order valence-electron chi connectivity index (χ1n) is 4.20. The van der Waals surface area contributed by atoms with Crippen LogP contribution in [0, 0.1) is 13.8 Å². The summed E-state index contributed by atoms with van der Waals surface area (Å²) in [6.45, 7) is 3.60. The number of alkyl halides is 2. The molecule has 4 heteroatoms. The highest BCUT2D eigenvalue weighted by Gasteiger charge is 2.70. The van der Waals surface area contributed by atoms with Crippen LogP contribution < -0.4 is 5.73 Å². The van der Waals surface area contributed by atoms with Crippen molar-refractivity contribution in [2.24, 2.45) is 5.73 Å². The molecule has 1 saturated carbocycles. The van der Waals surface area contributed by atoms with Gasteiger partial charge in [-0.05, 0) is 25.5 Å². The Morgan fingerprint density at radius 2 is 2.00 bits per heavy atom. The van der Waals surface area contributed by atoms with Crippen LogP contribution in [0.3, 0.4) is 0 Å². The van der Waals surface area contributed by atoms with Gasteiger partial charge in [0.1, 0.15) is 5.54 Å². The van der Waals surface area contributed by atoms with Gasteiger partial charge in [0.25, 0.3) is 5.92 Å². The summed E-state index contributed by atoms with van der Waals surface area (Å²) in [6, 6.07) is 1.70. The van der Waals surface area contributed by atoms with Gasteiger partial charge in [0, 0.05) is 17.8 Å². The monoisotopic (exact) mass is 186 g/mol. The fourth-order valence-electron chi connectivity index (χ4n) is 1.79. The van der Waals surface area contributed by atoms with Crippen molar-refractivity contribution in [3.8, 4) is 0 Å². The minimum atomic E-state index is -2.73. The van der Waals surface area contributed by atoms with Crippen molar-refractivity contribution in [3.63, 3.8) is 0 Å². The van der Waals surface area contributed by atoms with E-state index in [4.69, 9.17) is 5.73 Å². The average molecular weight is 186 g/mol. The molecule has 1 aliphatic carbocycles. The molecule has 0 radical (unpaired) electrons. The number of H-pyrrole nitrogens is 1. The van der Waals surface area contributed by atoms with E-state index in [-0.39, 0.29) is 6.42 Å². The van der Waals surface area contributed by atoms with Crippen molar-refractivity contribution in [1.82, 2.24) is 4.98 Å². The Labute approximate surface area is 75.1 Å². The quantitative estimate of drug-likeness (QED) is 0.690. The number of hydrogen-bond donors (Lipinski definition) is 2. The highest BCUT2D eigenvalue weighted by molar-refractivity contribution is 5.40. The minimum Gasteiger partial charge on any atom is -0.362 e. The number of halogens is 2. The van der Waals surface area contributed by atoms with Crippen LogP contribution in [0.2, 0.25) is 0 Å². The summed E-state index contributed by atoms with van der Waals surface area (Å²) < 4.78 is 25.8. The molecule has 1 aliphatic rings. The van der Waals surface area contributed by atoms with Gasteiger partial charge in [-0.2, -0.15) is 0 Å². The van der Waals surface area contributed by atoms with Gasteiger partial charge in [0.2, 0.25) is 0 Å². The molecule has 2 rings (SSSR count). The molecular weight excluding hydrogens is 174 g/mol. The van der Waals surface area contributed by atoms with Gasteiger partial charge >= 0.3 is 0 Å². The summed E-state index contributed by atoms with van der Waals surface area (Å²) >= 11 is 0. The first-order chi connectivity index (χ1) is 5.87. The van der Waals surface area contributed by atoms with Gasteiger partial charge in [-0.15, -0.1) is 0 Å². The second kappa shape index (κ2) is 2.12. The zero-order valence-electron chi connectivity index (χ0n) is 7.62. The highest BCUT2D eigenvalue weighted by atomic mass is 19.3. The van der Waals surface area contributed by atoms with E-state index >= 15 is 0 Å². The molecule has 3 N–H and O–H groups in total. The summed E-state index contributed by atoms with van der Waals surface area (Å²) in [5, 5.41) is 0. The van der Waals surface area contributed by atoms with Crippen LogP contribution in [0.15, 0.2) is 6.07 Å². The largest absolute Gasteiger partial charge is 0.362 e. The topological polar surface area (TPSA) is 41.8 Å². The summed E-state index contributed by atoms with van der Waals surface area (Å²) in [4.78, 5) is 2.98. The normalized spacial score (nSPS) is 30.5. The Kier molecular flexibility index (Phi) is 1.42. The minimum absolute atomic E-state index is 0.238. The predicted octanol–water partition coefficient (Wildman–Crippen LogP) is 1.82. The van der Waals surface area contributed by atoms with E-state index in [0.29, 0.717) is 5.56 Å². The Hall–Kier alpha value is -0.900. The van der Waals surface area contributed by atoms with Crippen LogP contribution in [0.25, 0.3) is 0 Å². The van der Waals surface area contributed by atoms with E-state index < -0.39 is 11.5 Å². The molecule has 2 nitrogen and oxygen atoms in total. The van der Waals surface area contributed by atoms with Crippen molar-refractivity contribution in [1.29, 1.82) is 0 Å². The zero-order valence-corrected chi connectivity index (χ0v) is 7.62. The van der Waals surface area contributed by atoms with Crippen molar-refractivity contribution in [3.05, 3.63) is 23.0 Å². The Morgan fingerprint density at radius 1 is 1.46 bits per heavy atom. The molecule has 1 heterocycles. The maximum absolute atomic E-state index is 12.9. The molecule has 1 fully saturated rings. The summed E-state index contributed by atoms with van der Waals surface area (Å²) in [5.41, 5.74) is 6.35.